The van der Waals surface area contributed by atoms with Crippen molar-refractivity contribution in [2.45, 2.75) is 25.0 Å². The van der Waals surface area contributed by atoms with E-state index in [1.54, 1.807) is 0 Å². The van der Waals surface area contributed by atoms with Crippen LogP contribution in [-0.4, -0.2) is 18.8 Å². The summed E-state index contributed by atoms with van der Waals surface area (Å²) < 4.78 is 5.96. The Kier molecular flexibility index (Phi) is 1.56. The van der Waals surface area contributed by atoms with E-state index in [-0.39, 0.29) is 0 Å². The molecule has 2 atom stereocenters. The second kappa shape index (κ2) is 2.74. The van der Waals surface area contributed by atoms with Crippen LogP contribution in [0.3, 0.4) is 0 Å². The molecule has 0 bridgehead atoms. The van der Waals surface area contributed by atoms with Crippen LogP contribution in [0.25, 0.3) is 0 Å². The summed E-state index contributed by atoms with van der Waals surface area (Å²) in [4.78, 5) is 0. The molecule has 13 heavy (non-hydrogen) atoms. The lowest BCUT2D eigenvalue weighted by atomic mass is 9.97. The Balaban J connectivity index is 1.97. The molecule has 0 radical (unpaired) electrons. The Labute approximate surface area is 78.0 Å². The van der Waals surface area contributed by atoms with E-state index >= 15 is 0 Å². The van der Waals surface area contributed by atoms with E-state index in [0.29, 0.717) is 12.2 Å². The first-order valence-corrected chi connectivity index (χ1v) is 4.91. The van der Waals surface area contributed by atoms with Gasteiger partial charge in [-0.25, -0.2) is 0 Å². The van der Waals surface area contributed by atoms with Crippen molar-refractivity contribution in [2.24, 2.45) is 0 Å². The van der Waals surface area contributed by atoms with Crippen LogP contribution in [0, 0.1) is 0 Å². The van der Waals surface area contributed by atoms with Crippen LogP contribution in [0.15, 0.2) is 35.6 Å². The van der Waals surface area contributed by atoms with Crippen LogP contribution in [0.4, 0.5) is 0 Å². The summed E-state index contributed by atoms with van der Waals surface area (Å²) in [5.74, 6) is 0. The van der Waals surface area contributed by atoms with E-state index in [2.05, 4.69) is 29.6 Å². The zero-order valence-corrected chi connectivity index (χ0v) is 7.49. The topological polar surface area (TPSA) is 21.3 Å². The summed E-state index contributed by atoms with van der Waals surface area (Å²) in [6.45, 7) is 1.06. The van der Waals surface area contributed by atoms with Crippen molar-refractivity contribution in [3.8, 4) is 0 Å². The molecule has 0 aromatic rings. The first kappa shape index (κ1) is 7.39. The minimum absolute atomic E-state index is 0.318. The number of rotatable bonds is 0. The molecule has 0 saturated carbocycles. The summed E-state index contributed by atoms with van der Waals surface area (Å²) in [6, 6.07) is 0. The molecule has 0 aromatic heterocycles. The predicted molar refractivity (Wildman–Crippen MR) is 51.2 cm³/mol. The normalized spacial score (nSPS) is 35.7. The van der Waals surface area contributed by atoms with Crippen LogP contribution >= 0.6 is 0 Å². The maximum atomic E-state index is 5.96. The second-order valence-electron chi connectivity index (χ2n) is 3.76. The highest BCUT2D eigenvalue weighted by Gasteiger charge is 2.30. The molecule has 2 nitrogen and oxygen atoms in total. The zero-order valence-electron chi connectivity index (χ0n) is 7.49. The molecule has 0 aromatic carbocycles. The summed E-state index contributed by atoms with van der Waals surface area (Å²) in [7, 11) is 0. The number of hydrogen-bond acceptors (Lipinski definition) is 2. The molecule has 0 spiro atoms. The molecule has 2 aliphatic heterocycles. The van der Waals surface area contributed by atoms with Gasteiger partial charge in [-0.1, -0.05) is 18.2 Å². The Bertz CT molecular complexity index is 314. The highest BCUT2D eigenvalue weighted by molar-refractivity contribution is 5.38. The number of fused-ring (bicyclic) bond motifs is 2. The molecule has 0 amide bonds. The standard InChI is InChI=1S/C11H13NO/c1-2-4-10-8(3-1)7-9-11(13-10)5-6-12-9/h1-3,7,10-12H,4-6H2. The van der Waals surface area contributed by atoms with Gasteiger partial charge < -0.3 is 10.1 Å². The van der Waals surface area contributed by atoms with E-state index in [9.17, 15) is 0 Å². The van der Waals surface area contributed by atoms with Gasteiger partial charge in [-0.2, -0.15) is 0 Å². The fourth-order valence-corrected chi connectivity index (χ4v) is 2.18. The molecule has 1 aliphatic carbocycles. The molecule has 2 unspecified atom stereocenters. The highest BCUT2D eigenvalue weighted by atomic mass is 16.5. The lowest BCUT2D eigenvalue weighted by Gasteiger charge is -2.29. The van der Waals surface area contributed by atoms with E-state index in [1.165, 1.54) is 11.3 Å². The summed E-state index contributed by atoms with van der Waals surface area (Å²) in [6.07, 6.45) is 11.5. The van der Waals surface area contributed by atoms with Gasteiger partial charge in [0.05, 0.1) is 12.2 Å². The summed E-state index contributed by atoms with van der Waals surface area (Å²) in [5.41, 5.74) is 2.60. The van der Waals surface area contributed by atoms with Gasteiger partial charge in [0.25, 0.3) is 0 Å². The second-order valence-corrected chi connectivity index (χ2v) is 3.76. The van der Waals surface area contributed by atoms with Gasteiger partial charge in [0.15, 0.2) is 0 Å². The Morgan fingerprint density at radius 3 is 3.38 bits per heavy atom. The lowest BCUT2D eigenvalue weighted by Crippen LogP contribution is -2.29. The van der Waals surface area contributed by atoms with E-state index in [1.807, 2.05) is 0 Å². The summed E-state index contributed by atoms with van der Waals surface area (Å²) >= 11 is 0. The number of hydrogen-bond donors (Lipinski definition) is 1. The maximum Gasteiger partial charge on any atom is 0.0994 e. The van der Waals surface area contributed by atoms with Crippen LogP contribution in [0.2, 0.25) is 0 Å². The quantitative estimate of drug-likeness (QED) is 0.602. The number of nitrogens with one attached hydrogen (secondary N) is 1. The molecular weight excluding hydrogens is 162 g/mol. The van der Waals surface area contributed by atoms with Crippen molar-refractivity contribution in [3.05, 3.63) is 35.6 Å². The summed E-state index contributed by atoms with van der Waals surface area (Å²) in [5, 5.41) is 3.36. The average Bonchev–Trinajstić information content (AvgIpc) is 2.61. The van der Waals surface area contributed by atoms with Gasteiger partial charge in [0.2, 0.25) is 0 Å². The van der Waals surface area contributed by atoms with Crippen LogP contribution in [-0.2, 0) is 4.74 Å². The Hall–Kier alpha value is -1.02. The minimum atomic E-state index is 0.318. The minimum Gasteiger partial charge on any atom is -0.386 e. The predicted octanol–water partition coefficient (Wildman–Crippen LogP) is 1.52. The van der Waals surface area contributed by atoms with Gasteiger partial charge >= 0.3 is 0 Å². The van der Waals surface area contributed by atoms with Crippen molar-refractivity contribution in [1.29, 1.82) is 0 Å². The smallest absolute Gasteiger partial charge is 0.0994 e. The lowest BCUT2D eigenvalue weighted by molar-refractivity contribution is 0.0285. The molecule has 68 valence electrons. The van der Waals surface area contributed by atoms with Gasteiger partial charge in [0.1, 0.15) is 0 Å². The number of allylic oxidation sites excluding steroid dienone is 2. The first-order chi connectivity index (χ1) is 6.43. The molecule has 2 heteroatoms. The van der Waals surface area contributed by atoms with Gasteiger partial charge in [-0.3, -0.25) is 0 Å². The van der Waals surface area contributed by atoms with Gasteiger partial charge in [-0.05, 0) is 24.5 Å². The van der Waals surface area contributed by atoms with E-state index in [0.717, 1.165) is 19.4 Å². The van der Waals surface area contributed by atoms with Gasteiger partial charge in [-0.15, -0.1) is 0 Å². The SMILES string of the molecule is C1=CCC2OC3CCNC3=CC2=C1. The third kappa shape index (κ3) is 1.13. The molecular formula is C11H13NO. The van der Waals surface area contributed by atoms with Crippen molar-refractivity contribution < 1.29 is 4.74 Å². The monoisotopic (exact) mass is 175 g/mol. The zero-order chi connectivity index (χ0) is 8.67. The molecule has 2 heterocycles. The van der Waals surface area contributed by atoms with E-state index < -0.39 is 0 Å². The molecule has 3 aliphatic rings. The third-order valence-electron chi connectivity index (χ3n) is 2.88. The van der Waals surface area contributed by atoms with Crippen molar-refractivity contribution in [1.82, 2.24) is 5.32 Å². The molecule has 1 fully saturated rings. The van der Waals surface area contributed by atoms with Crippen molar-refractivity contribution in [3.63, 3.8) is 0 Å². The Morgan fingerprint density at radius 1 is 1.38 bits per heavy atom. The largest absolute Gasteiger partial charge is 0.386 e. The average molecular weight is 175 g/mol. The first-order valence-electron chi connectivity index (χ1n) is 4.91. The third-order valence-corrected chi connectivity index (χ3v) is 2.88. The molecule has 1 N–H and O–H groups in total. The van der Waals surface area contributed by atoms with Crippen molar-refractivity contribution >= 4 is 0 Å². The maximum absolute atomic E-state index is 5.96. The fourth-order valence-electron chi connectivity index (χ4n) is 2.18. The van der Waals surface area contributed by atoms with Crippen LogP contribution < -0.4 is 5.32 Å². The van der Waals surface area contributed by atoms with Crippen LogP contribution in [0.1, 0.15) is 12.8 Å². The molecule has 1 saturated heterocycles. The van der Waals surface area contributed by atoms with Gasteiger partial charge in [0, 0.05) is 12.2 Å². The van der Waals surface area contributed by atoms with Crippen molar-refractivity contribution in [2.75, 3.05) is 6.54 Å². The Morgan fingerprint density at radius 2 is 2.38 bits per heavy atom. The highest BCUT2D eigenvalue weighted by Crippen LogP contribution is 2.30. The van der Waals surface area contributed by atoms with E-state index in [4.69, 9.17) is 4.74 Å². The molecule has 3 rings (SSSR count). The fraction of sp³-hybridized carbons (Fsp3) is 0.455. The number of ether oxygens (including phenoxy) is 1. The van der Waals surface area contributed by atoms with Crippen LogP contribution in [0.5, 0.6) is 0 Å².